The standard InChI is InChI=1S/C21H30FN5O3/c1-24(2)21(30)23-8-19(28)26-9-14-7-16(12-26)18-4-3-15(20(29)27(18)10-14)11-25-6-5-17(22)13-25/h3-4,14,16-17H,5-13H2,1-2H3,(H,23,30)/t14-,16+,17+/m0/s1. The molecular weight excluding hydrogens is 389 g/mol. The Morgan fingerprint density at radius 2 is 2.00 bits per heavy atom. The molecule has 3 amide bonds. The molecule has 0 aromatic carbocycles. The smallest absolute Gasteiger partial charge is 0.317 e. The highest BCUT2D eigenvalue weighted by Crippen LogP contribution is 2.35. The third kappa shape index (κ3) is 4.21. The molecule has 164 valence electrons. The van der Waals surface area contributed by atoms with Crippen LogP contribution in [0, 0.1) is 5.92 Å². The number of rotatable bonds is 4. The van der Waals surface area contributed by atoms with Gasteiger partial charge in [0.2, 0.25) is 5.91 Å². The van der Waals surface area contributed by atoms with E-state index in [2.05, 4.69) is 5.32 Å². The number of hydrogen-bond donors (Lipinski definition) is 1. The minimum atomic E-state index is -0.796. The Balaban J connectivity index is 1.45. The number of halogens is 1. The van der Waals surface area contributed by atoms with Crippen LogP contribution in [-0.4, -0.2) is 84.2 Å². The molecule has 3 aliphatic rings. The lowest BCUT2D eigenvalue weighted by molar-refractivity contribution is -0.132. The first-order valence-corrected chi connectivity index (χ1v) is 10.6. The highest BCUT2D eigenvalue weighted by atomic mass is 19.1. The molecule has 0 aliphatic carbocycles. The first-order chi connectivity index (χ1) is 14.3. The number of nitrogens with one attached hydrogen (secondary N) is 1. The molecule has 1 aromatic rings. The van der Waals surface area contributed by atoms with E-state index in [9.17, 15) is 18.8 Å². The molecule has 4 heterocycles. The number of amides is 3. The Kier molecular flexibility index (Phi) is 5.81. The van der Waals surface area contributed by atoms with Gasteiger partial charge in [0.05, 0.1) is 6.54 Å². The SMILES string of the molecule is CN(C)C(=O)NCC(=O)N1C[C@@H]2C[C@H](C1)c1ccc(CN3CC[C@@H](F)C3)c(=O)n1C2. The van der Waals surface area contributed by atoms with E-state index < -0.39 is 6.17 Å². The summed E-state index contributed by atoms with van der Waals surface area (Å²) >= 11 is 0. The number of piperidine rings is 1. The molecule has 9 heteroatoms. The molecule has 1 aromatic heterocycles. The second-order valence-electron chi connectivity index (χ2n) is 8.97. The fraction of sp³-hybridized carbons (Fsp3) is 0.667. The van der Waals surface area contributed by atoms with Crippen molar-refractivity contribution in [3.8, 4) is 0 Å². The van der Waals surface area contributed by atoms with Crippen molar-refractivity contribution in [3.63, 3.8) is 0 Å². The van der Waals surface area contributed by atoms with Crippen LogP contribution in [0.15, 0.2) is 16.9 Å². The van der Waals surface area contributed by atoms with E-state index in [-0.39, 0.29) is 35.9 Å². The number of pyridine rings is 1. The summed E-state index contributed by atoms with van der Waals surface area (Å²) in [4.78, 5) is 42.6. The van der Waals surface area contributed by atoms with Crippen molar-refractivity contribution in [3.05, 3.63) is 33.7 Å². The zero-order chi connectivity index (χ0) is 21.4. The van der Waals surface area contributed by atoms with E-state index >= 15 is 0 Å². The second kappa shape index (κ2) is 8.37. The Labute approximate surface area is 175 Å². The molecule has 4 rings (SSSR count). The van der Waals surface area contributed by atoms with Gasteiger partial charge in [-0.2, -0.15) is 0 Å². The predicted molar refractivity (Wildman–Crippen MR) is 110 cm³/mol. The summed E-state index contributed by atoms with van der Waals surface area (Å²) in [6.07, 6.45) is 0.702. The van der Waals surface area contributed by atoms with E-state index in [1.807, 2.05) is 26.5 Å². The zero-order valence-corrected chi connectivity index (χ0v) is 17.6. The fourth-order valence-corrected chi connectivity index (χ4v) is 4.91. The normalized spacial score (nSPS) is 25.7. The van der Waals surface area contributed by atoms with Gasteiger partial charge in [0.25, 0.3) is 5.56 Å². The second-order valence-corrected chi connectivity index (χ2v) is 8.97. The van der Waals surface area contributed by atoms with Crippen LogP contribution in [0.5, 0.6) is 0 Å². The van der Waals surface area contributed by atoms with Gasteiger partial charge in [0.15, 0.2) is 0 Å². The molecule has 2 saturated heterocycles. The van der Waals surface area contributed by atoms with Gasteiger partial charge in [-0.3, -0.25) is 14.5 Å². The quantitative estimate of drug-likeness (QED) is 0.776. The van der Waals surface area contributed by atoms with Gasteiger partial charge < -0.3 is 19.7 Å². The highest BCUT2D eigenvalue weighted by molar-refractivity contribution is 5.84. The average molecular weight is 420 g/mol. The summed E-state index contributed by atoms with van der Waals surface area (Å²) in [5.74, 6) is 0.247. The Morgan fingerprint density at radius 1 is 1.20 bits per heavy atom. The van der Waals surface area contributed by atoms with Crippen molar-refractivity contribution in [1.82, 2.24) is 24.6 Å². The summed E-state index contributed by atoms with van der Waals surface area (Å²) in [5.41, 5.74) is 1.70. The van der Waals surface area contributed by atoms with Crippen LogP contribution < -0.4 is 10.9 Å². The van der Waals surface area contributed by atoms with Crippen molar-refractivity contribution in [2.45, 2.75) is 38.0 Å². The van der Waals surface area contributed by atoms with Gasteiger partial charge >= 0.3 is 6.03 Å². The summed E-state index contributed by atoms with van der Waals surface area (Å²) < 4.78 is 15.3. The molecule has 2 bridgehead atoms. The summed E-state index contributed by atoms with van der Waals surface area (Å²) in [6, 6.07) is 3.59. The maximum absolute atomic E-state index is 13.5. The Morgan fingerprint density at radius 3 is 2.70 bits per heavy atom. The highest BCUT2D eigenvalue weighted by Gasteiger charge is 2.36. The van der Waals surface area contributed by atoms with Crippen molar-refractivity contribution in [2.75, 3.05) is 46.8 Å². The van der Waals surface area contributed by atoms with Crippen molar-refractivity contribution < 1.29 is 14.0 Å². The minimum absolute atomic E-state index is 0.0162. The van der Waals surface area contributed by atoms with Crippen molar-refractivity contribution in [1.29, 1.82) is 0 Å². The van der Waals surface area contributed by atoms with Crippen LogP contribution >= 0.6 is 0 Å². The van der Waals surface area contributed by atoms with Crippen LogP contribution in [0.25, 0.3) is 0 Å². The fourth-order valence-electron chi connectivity index (χ4n) is 4.91. The van der Waals surface area contributed by atoms with E-state index in [0.717, 1.165) is 12.1 Å². The predicted octanol–water partition coefficient (Wildman–Crippen LogP) is 0.609. The third-order valence-corrected chi connectivity index (χ3v) is 6.44. The third-order valence-electron chi connectivity index (χ3n) is 6.44. The molecule has 0 unspecified atom stereocenters. The Bertz CT molecular complexity index is 886. The largest absolute Gasteiger partial charge is 0.340 e. The number of hydrogen-bond acceptors (Lipinski definition) is 4. The number of aromatic nitrogens is 1. The van der Waals surface area contributed by atoms with Crippen LogP contribution in [-0.2, 0) is 17.9 Å². The number of fused-ring (bicyclic) bond motifs is 4. The molecular formula is C21H30FN5O3. The van der Waals surface area contributed by atoms with E-state index in [1.54, 1.807) is 14.1 Å². The first-order valence-electron chi connectivity index (χ1n) is 10.6. The summed E-state index contributed by atoms with van der Waals surface area (Å²) in [5, 5.41) is 2.63. The minimum Gasteiger partial charge on any atom is -0.340 e. The van der Waals surface area contributed by atoms with Crippen LogP contribution in [0.4, 0.5) is 9.18 Å². The van der Waals surface area contributed by atoms with Crippen LogP contribution in [0.2, 0.25) is 0 Å². The van der Waals surface area contributed by atoms with Crippen molar-refractivity contribution in [2.24, 2.45) is 5.92 Å². The lowest BCUT2D eigenvalue weighted by Gasteiger charge is -2.43. The molecule has 30 heavy (non-hydrogen) atoms. The average Bonchev–Trinajstić information content (AvgIpc) is 3.12. The number of nitrogens with zero attached hydrogens (tertiary/aromatic N) is 4. The molecule has 2 fully saturated rings. The summed E-state index contributed by atoms with van der Waals surface area (Å²) in [6.45, 7) is 3.31. The molecule has 0 radical (unpaired) electrons. The lowest BCUT2D eigenvalue weighted by atomic mass is 9.83. The van der Waals surface area contributed by atoms with Crippen molar-refractivity contribution >= 4 is 11.9 Å². The van der Waals surface area contributed by atoms with E-state index in [0.29, 0.717) is 51.3 Å². The molecule has 3 atom stereocenters. The van der Waals surface area contributed by atoms with E-state index in [1.165, 1.54) is 4.90 Å². The number of urea groups is 1. The van der Waals surface area contributed by atoms with Crippen LogP contribution in [0.3, 0.4) is 0 Å². The maximum atomic E-state index is 13.5. The van der Waals surface area contributed by atoms with Gasteiger partial charge in [-0.25, -0.2) is 9.18 Å². The van der Waals surface area contributed by atoms with Gasteiger partial charge in [0, 0.05) is 70.5 Å². The summed E-state index contributed by atoms with van der Waals surface area (Å²) in [7, 11) is 3.27. The maximum Gasteiger partial charge on any atom is 0.317 e. The van der Waals surface area contributed by atoms with Gasteiger partial charge in [-0.1, -0.05) is 6.07 Å². The van der Waals surface area contributed by atoms with Gasteiger partial charge in [0.1, 0.15) is 6.17 Å². The Hall–Kier alpha value is -2.42. The molecule has 0 spiro atoms. The van der Waals surface area contributed by atoms with Gasteiger partial charge in [-0.15, -0.1) is 0 Å². The number of likely N-dealkylation sites (tertiary alicyclic amines) is 2. The lowest BCUT2D eigenvalue weighted by Crippen LogP contribution is -2.52. The number of carbonyl (C=O) groups is 2. The molecule has 1 N–H and O–H groups in total. The van der Waals surface area contributed by atoms with Crippen LogP contribution in [0.1, 0.15) is 30.0 Å². The zero-order valence-electron chi connectivity index (χ0n) is 17.6. The number of carbonyl (C=O) groups excluding carboxylic acids is 2. The van der Waals surface area contributed by atoms with Gasteiger partial charge in [-0.05, 0) is 24.8 Å². The molecule has 3 aliphatic heterocycles. The topological polar surface area (TPSA) is 77.9 Å². The monoisotopic (exact) mass is 419 g/mol. The number of alkyl halides is 1. The van der Waals surface area contributed by atoms with E-state index in [4.69, 9.17) is 0 Å². The molecule has 8 nitrogen and oxygen atoms in total. The molecule has 0 saturated carbocycles. The first kappa shape index (κ1) is 20.8.